The summed E-state index contributed by atoms with van der Waals surface area (Å²) in [6, 6.07) is 7.40. The molecule has 3 heterocycles. The van der Waals surface area contributed by atoms with Gasteiger partial charge in [0.1, 0.15) is 5.82 Å². The minimum absolute atomic E-state index is 0.143. The van der Waals surface area contributed by atoms with Crippen molar-refractivity contribution in [3.8, 4) is 0 Å². The van der Waals surface area contributed by atoms with Gasteiger partial charge in [-0.25, -0.2) is 0 Å². The Kier molecular flexibility index (Phi) is 3.33. The number of para-hydroxylation sites is 1. The van der Waals surface area contributed by atoms with Gasteiger partial charge in [0.05, 0.1) is 5.92 Å². The number of hydrogen-bond acceptors (Lipinski definition) is 4. The van der Waals surface area contributed by atoms with Gasteiger partial charge in [0.2, 0.25) is 17.8 Å². The fourth-order valence-corrected chi connectivity index (χ4v) is 3.24. The molecule has 7 heteroatoms. The zero-order valence-electron chi connectivity index (χ0n) is 12.6. The second-order valence-corrected chi connectivity index (χ2v) is 5.93. The molecule has 1 aromatic heterocycles. The number of nitrogens with one attached hydrogen (secondary N) is 2. The van der Waals surface area contributed by atoms with Gasteiger partial charge < -0.3 is 5.32 Å². The number of carbonyl (C=O) groups is 2. The Morgan fingerprint density at radius 1 is 1.26 bits per heavy atom. The van der Waals surface area contributed by atoms with E-state index >= 15 is 0 Å². The molecule has 2 amide bonds. The van der Waals surface area contributed by atoms with Gasteiger partial charge in [-0.05, 0) is 24.5 Å². The number of anilines is 2. The summed E-state index contributed by atoms with van der Waals surface area (Å²) in [7, 11) is 0. The number of fused-ring (bicyclic) bond motifs is 2. The van der Waals surface area contributed by atoms with Gasteiger partial charge in [-0.1, -0.05) is 18.2 Å². The highest BCUT2D eigenvalue weighted by Gasteiger charge is 2.31. The zero-order chi connectivity index (χ0) is 15.8. The molecule has 0 unspecified atom stereocenters. The highest BCUT2D eigenvalue weighted by atomic mass is 16.2. The average molecular weight is 311 g/mol. The highest BCUT2D eigenvalue weighted by molar-refractivity contribution is 6.04. The zero-order valence-corrected chi connectivity index (χ0v) is 12.6. The van der Waals surface area contributed by atoms with Crippen molar-refractivity contribution in [3.63, 3.8) is 0 Å². The Morgan fingerprint density at radius 2 is 2.13 bits per heavy atom. The van der Waals surface area contributed by atoms with Crippen LogP contribution in [0, 0.1) is 0 Å². The lowest BCUT2D eigenvalue weighted by Crippen LogP contribution is -2.31. The van der Waals surface area contributed by atoms with Gasteiger partial charge in [0.25, 0.3) is 0 Å². The van der Waals surface area contributed by atoms with E-state index in [4.69, 9.17) is 0 Å². The predicted molar refractivity (Wildman–Crippen MR) is 84.0 cm³/mol. The smallest absolute Gasteiger partial charge is 0.234 e. The van der Waals surface area contributed by atoms with Crippen molar-refractivity contribution < 1.29 is 9.59 Å². The van der Waals surface area contributed by atoms with Crippen LogP contribution in [0.25, 0.3) is 0 Å². The Hall–Kier alpha value is -2.70. The molecule has 2 aliphatic rings. The van der Waals surface area contributed by atoms with Crippen molar-refractivity contribution in [3.05, 3.63) is 35.7 Å². The van der Waals surface area contributed by atoms with E-state index < -0.39 is 5.92 Å². The molecule has 1 atom stereocenters. The van der Waals surface area contributed by atoms with Crippen molar-refractivity contribution in [2.75, 3.05) is 10.6 Å². The molecule has 0 saturated carbocycles. The molecule has 118 valence electrons. The van der Waals surface area contributed by atoms with Crippen LogP contribution in [0.4, 0.5) is 11.6 Å². The van der Waals surface area contributed by atoms with Gasteiger partial charge in [0.15, 0.2) is 0 Å². The Morgan fingerprint density at radius 3 is 3.04 bits per heavy atom. The lowest BCUT2D eigenvalue weighted by atomic mass is 9.90. The van der Waals surface area contributed by atoms with Crippen LogP contribution in [-0.4, -0.2) is 26.6 Å². The van der Waals surface area contributed by atoms with Gasteiger partial charge in [0, 0.05) is 25.1 Å². The molecule has 23 heavy (non-hydrogen) atoms. The minimum atomic E-state index is -0.503. The summed E-state index contributed by atoms with van der Waals surface area (Å²) < 4.78 is 1.95. The molecule has 0 radical (unpaired) electrons. The second-order valence-electron chi connectivity index (χ2n) is 5.93. The third-order valence-corrected chi connectivity index (χ3v) is 4.41. The van der Waals surface area contributed by atoms with Crippen LogP contribution in [0.15, 0.2) is 24.3 Å². The first-order chi connectivity index (χ1) is 11.2. The lowest BCUT2D eigenvalue weighted by molar-refractivity contribution is -0.123. The summed E-state index contributed by atoms with van der Waals surface area (Å²) in [5.41, 5.74) is 1.54. The van der Waals surface area contributed by atoms with E-state index in [9.17, 15) is 9.59 Å². The van der Waals surface area contributed by atoms with E-state index in [0.29, 0.717) is 11.6 Å². The largest absolute Gasteiger partial charge is 0.326 e. The van der Waals surface area contributed by atoms with E-state index in [-0.39, 0.29) is 18.2 Å². The highest BCUT2D eigenvalue weighted by Crippen LogP contribution is 2.32. The monoisotopic (exact) mass is 311 g/mol. The number of benzene rings is 1. The van der Waals surface area contributed by atoms with Crippen molar-refractivity contribution in [1.82, 2.24) is 14.8 Å². The first-order valence-electron chi connectivity index (χ1n) is 7.84. The summed E-state index contributed by atoms with van der Waals surface area (Å²) in [5, 5.41) is 13.9. The first-order valence-corrected chi connectivity index (χ1v) is 7.84. The summed E-state index contributed by atoms with van der Waals surface area (Å²) in [4.78, 5) is 24.5. The van der Waals surface area contributed by atoms with E-state index in [1.165, 1.54) is 0 Å². The van der Waals surface area contributed by atoms with Crippen molar-refractivity contribution in [2.45, 2.75) is 38.1 Å². The summed E-state index contributed by atoms with van der Waals surface area (Å²) in [5.74, 6) is 0.526. The van der Waals surface area contributed by atoms with E-state index in [0.717, 1.165) is 37.2 Å². The Balaban J connectivity index is 1.60. The summed E-state index contributed by atoms with van der Waals surface area (Å²) >= 11 is 0. The molecule has 2 N–H and O–H groups in total. The molecular weight excluding hydrogens is 294 g/mol. The number of hydrogen-bond donors (Lipinski definition) is 2. The van der Waals surface area contributed by atoms with Crippen LogP contribution in [0.2, 0.25) is 0 Å². The molecule has 7 nitrogen and oxygen atoms in total. The minimum Gasteiger partial charge on any atom is -0.326 e. The van der Waals surface area contributed by atoms with E-state index in [2.05, 4.69) is 20.8 Å². The number of nitrogens with zero attached hydrogens (tertiary/aromatic N) is 3. The van der Waals surface area contributed by atoms with Crippen LogP contribution in [-0.2, 0) is 22.6 Å². The fraction of sp³-hybridized carbons (Fsp3) is 0.375. The molecular formula is C16H17N5O2. The fourth-order valence-electron chi connectivity index (χ4n) is 3.24. The normalized spacial score (nSPS) is 19.5. The van der Waals surface area contributed by atoms with E-state index in [1.54, 1.807) is 0 Å². The summed E-state index contributed by atoms with van der Waals surface area (Å²) in [6.07, 6.45) is 3.19. The number of carbonyl (C=O) groups excluding carboxylic acids is 2. The molecule has 2 aliphatic heterocycles. The maximum absolute atomic E-state index is 12.7. The SMILES string of the molecule is O=C1C[C@H](C(=O)Nc2nnc3n2CCCC3)c2ccccc2N1. The molecule has 0 saturated heterocycles. The van der Waals surface area contributed by atoms with Crippen molar-refractivity contribution >= 4 is 23.5 Å². The standard InChI is InChI=1S/C16H17N5O2/c22-14-9-11(10-5-1-2-6-12(10)17-14)15(23)18-16-20-19-13-7-3-4-8-21(13)16/h1-2,5-6,11H,3-4,7-9H2,(H,17,22)(H,18,20,23)/t11-/m0/s1. The molecule has 4 rings (SSSR count). The summed E-state index contributed by atoms with van der Waals surface area (Å²) in [6.45, 7) is 0.819. The van der Waals surface area contributed by atoms with Gasteiger partial charge >= 0.3 is 0 Å². The topological polar surface area (TPSA) is 88.9 Å². The van der Waals surface area contributed by atoms with Crippen LogP contribution >= 0.6 is 0 Å². The van der Waals surface area contributed by atoms with Crippen molar-refractivity contribution in [2.24, 2.45) is 0 Å². The van der Waals surface area contributed by atoms with Crippen LogP contribution < -0.4 is 10.6 Å². The third-order valence-electron chi connectivity index (χ3n) is 4.41. The van der Waals surface area contributed by atoms with Gasteiger partial charge in [-0.2, -0.15) is 0 Å². The van der Waals surface area contributed by atoms with Crippen LogP contribution in [0.3, 0.4) is 0 Å². The number of aromatic nitrogens is 3. The molecule has 0 fully saturated rings. The number of amides is 2. The predicted octanol–water partition coefficient (Wildman–Crippen LogP) is 1.68. The number of rotatable bonds is 2. The maximum atomic E-state index is 12.7. The van der Waals surface area contributed by atoms with Crippen molar-refractivity contribution in [1.29, 1.82) is 0 Å². The quantitative estimate of drug-likeness (QED) is 0.883. The molecule has 0 spiro atoms. The molecule has 2 aromatic rings. The molecule has 0 aliphatic carbocycles. The lowest BCUT2D eigenvalue weighted by Gasteiger charge is -2.24. The number of aryl methyl sites for hydroxylation is 1. The van der Waals surface area contributed by atoms with E-state index in [1.807, 2.05) is 28.8 Å². The van der Waals surface area contributed by atoms with Gasteiger partial charge in [-0.15, -0.1) is 10.2 Å². The van der Waals surface area contributed by atoms with Gasteiger partial charge in [-0.3, -0.25) is 19.5 Å². The first kappa shape index (κ1) is 13.9. The third kappa shape index (κ3) is 2.48. The van der Waals surface area contributed by atoms with Crippen LogP contribution in [0.5, 0.6) is 0 Å². The van der Waals surface area contributed by atoms with Crippen LogP contribution in [0.1, 0.15) is 36.6 Å². The average Bonchev–Trinajstić information content (AvgIpc) is 2.97. The second kappa shape index (κ2) is 5.49. The maximum Gasteiger partial charge on any atom is 0.234 e. The Labute approximate surface area is 133 Å². The molecule has 1 aromatic carbocycles. The molecule has 0 bridgehead atoms. The Bertz CT molecular complexity index is 783.